The predicted molar refractivity (Wildman–Crippen MR) is 85.2 cm³/mol. The molecule has 0 fully saturated rings. The van der Waals surface area contributed by atoms with E-state index in [1.54, 1.807) is 6.07 Å². The molecule has 0 spiro atoms. The molecule has 6 heteroatoms. The highest BCUT2D eigenvalue weighted by Gasteiger charge is 2.18. The van der Waals surface area contributed by atoms with E-state index in [0.29, 0.717) is 12.0 Å². The van der Waals surface area contributed by atoms with Crippen LogP contribution in [0.2, 0.25) is 0 Å². The van der Waals surface area contributed by atoms with Crippen LogP contribution >= 0.6 is 38.5 Å². The molecule has 1 aromatic carbocycles. The standard InChI is InChI=1S/C13H15BrINO3/c1-2-3-8(13(18)19)7-16-12(17)10-6-9(14)4-5-11(10)15/h4-6,8H,2-3,7H2,1H3,(H,16,17)(H,18,19). The van der Waals surface area contributed by atoms with Gasteiger partial charge < -0.3 is 10.4 Å². The summed E-state index contributed by atoms with van der Waals surface area (Å²) in [4.78, 5) is 23.0. The molecule has 0 aliphatic rings. The SMILES string of the molecule is CCCC(CNC(=O)c1cc(Br)ccc1I)C(=O)O. The number of benzene rings is 1. The summed E-state index contributed by atoms with van der Waals surface area (Å²) in [5, 5.41) is 11.7. The van der Waals surface area contributed by atoms with Gasteiger partial charge in [-0.15, -0.1) is 0 Å². The minimum Gasteiger partial charge on any atom is -0.481 e. The lowest BCUT2D eigenvalue weighted by molar-refractivity contribution is -0.141. The largest absolute Gasteiger partial charge is 0.481 e. The zero-order valence-corrected chi connectivity index (χ0v) is 14.2. The van der Waals surface area contributed by atoms with Crippen molar-refractivity contribution < 1.29 is 14.7 Å². The van der Waals surface area contributed by atoms with E-state index in [0.717, 1.165) is 14.5 Å². The maximum Gasteiger partial charge on any atom is 0.308 e. The third-order valence-electron chi connectivity index (χ3n) is 2.67. The van der Waals surface area contributed by atoms with Gasteiger partial charge in [-0.3, -0.25) is 9.59 Å². The number of nitrogens with one attached hydrogen (secondary N) is 1. The number of carboxylic acid groups (broad SMARTS) is 1. The second kappa shape index (κ2) is 7.84. The first-order valence-electron chi connectivity index (χ1n) is 5.91. The van der Waals surface area contributed by atoms with Crippen molar-refractivity contribution in [2.45, 2.75) is 19.8 Å². The van der Waals surface area contributed by atoms with Gasteiger partial charge in [0.05, 0.1) is 11.5 Å². The molecule has 0 saturated carbocycles. The fraction of sp³-hybridized carbons (Fsp3) is 0.385. The zero-order valence-electron chi connectivity index (χ0n) is 10.5. The van der Waals surface area contributed by atoms with Crippen molar-refractivity contribution >= 4 is 50.4 Å². The summed E-state index contributed by atoms with van der Waals surface area (Å²) in [6, 6.07) is 5.42. The van der Waals surface area contributed by atoms with Gasteiger partial charge in [0.25, 0.3) is 5.91 Å². The van der Waals surface area contributed by atoms with E-state index in [-0.39, 0.29) is 12.5 Å². The van der Waals surface area contributed by atoms with Crippen LogP contribution in [0.4, 0.5) is 0 Å². The highest BCUT2D eigenvalue weighted by molar-refractivity contribution is 14.1. The summed E-state index contributed by atoms with van der Waals surface area (Å²) in [5.41, 5.74) is 0.551. The summed E-state index contributed by atoms with van der Waals surface area (Å²) in [7, 11) is 0. The van der Waals surface area contributed by atoms with Gasteiger partial charge in [-0.2, -0.15) is 0 Å². The molecule has 1 unspecified atom stereocenters. The molecule has 0 heterocycles. The highest BCUT2D eigenvalue weighted by atomic mass is 127. The van der Waals surface area contributed by atoms with Crippen molar-refractivity contribution in [1.82, 2.24) is 5.32 Å². The van der Waals surface area contributed by atoms with Crippen LogP contribution in [0.25, 0.3) is 0 Å². The fourth-order valence-corrected chi connectivity index (χ4v) is 2.59. The molecule has 1 amide bonds. The molecule has 0 saturated heterocycles. The van der Waals surface area contributed by atoms with E-state index in [4.69, 9.17) is 5.11 Å². The summed E-state index contributed by atoms with van der Waals surface area (Å²) < 4.78 is 1.65. The average molecular weight is 440 g/mol. The fourth-order valence-electron chi connectivity index (χ4n) is 1.64. The van der Waals surface area contributed by atoms with Crippen LogP contribution < -0.4 is 5.32 Å². The topological polar surface area (TPSA) is 66.4 Å². The van der Waals surface area contributed by atoms with Crippen LogP contribution in [0.1, 0.15) is 30.1 Å². The number of hydrogen-bond donors (Lipinski definition) is 2. The Hall–Kier alpha value is -0.630. The highest BCUT2D eigenvalue weighted by Crippen LogP contribution is 2.18. The molecule has 1 atom stereocenters. The van der Waals surface area contributed by atoms with Gasteiger partial charge in [0, 0.05) is 14.6 Å². The Morgan fingerprint density at radius 1 is 1.47 bits per heavy atom. The van der Waals surface area contributed by atoms with Crippen molar-refractivity contribution in [2.75, 3.05) is 6.54 Å². The van der Waals surface area contributed by atoms with Crippen molar-refractivity contribution in [2.24, 2.45) is 5.92 Å². The predicted octanol–water partition coefficient (Wildman–Crippen LogP) is 3.28. The molecule has 4 nitrogen and oxygen atoms in total. The van der Waals surface area contributed by atoms with Gasteiger partial charge in [-0.1, -0.05) is 29.3 Å². The second-order valence-corrected chi connectivity index (χ2v) is 6.24. The Kier molecular flexibility index (Phi) is 6.78. The van der Waals surface area contributed by atoms with Gasteiger partial charge in [0.1, 0.15) is 0 Å². The van der Waals surface area contributed by atoms with E-state index in [9.17, 15) is 9.59 Å². The van der Waals surface area contributed by atoms with Crippen molar-refractivity contribution in [3.05, 3.63) is 31.8 Å². The number of halogens is 2. The number of aliphatic carboxylic acids is 1. The monoisotopic (exact) mass is 439 g/mol. The molecule has 19 heavy (non-hydrogen) atoms. The maximum absolute atomic E-state index is 12.0. The second-order valence-electron chi connectivity index (χ2n) is 4.16. The molecule has 0 aromatic heterocycles. The lowest BCUT2D eigenvalue weighted by Gasteiger charge is -2.13. The zero-order chi connectivity index (χ0) is 14.4. The number of carboxylic acids is 1. The number of rotatable bonds is 6. The van der Waals surface area contributed by atoms with Crippen molar-refractivity contribution in [3.63, 3.8) is 0 Å². The third kappa shape index (κ3) is 5.10. The van der Waals surface area contributed by atoms with Gasteiger partial charge in [0.15, 0.2) is 0 Å². The maximum atomic E-state index is 12.0. The Labute approximate surface area is 134 Å². The van der Waals surface area contributed by atoms with E-state index in [1.165, 1.54) is 0 Å². The normalized spacial score (nSPS) is 11.9. The number of hydrogen-bond acceptors (Lipinski definition) is 2. The lowest BCUT2D eigenvalue weighted by atomic mass is 10.0. The van der Waals surface area contributed by atoms with Crippen LogP contribution in [-0.4, -0.2) is 23.5 Å². The van der Waals surface area contributed by atoms with E-state index >= 15 is 0 Å². The van der Waals surface area contributed by atoms with E-state index < -0.39 is 11.9 Å². The van der Waals surface area contributed by atoms with Crippen LogP contribution in [0.3, 0.4) is 0 Å². The Morgan fingerprint density at radius 3 is 2.74 bits per heavy atom. The minimum atomic E-state index is -0.869. The Balaban J connectivity index is 2.69. The molecule has 104 valence electrons. The number of carbonyl (C=O) groups is 2. The third-order valence-corrected chi connectivity index (χ3v) is 4.10. The quantitative estimate of drug-likeness (QED) is 0.668. The van der Waals surface area contributed by atoms with Crippen molar-refractivity contribution in [3.8, 4) is 0 Å². The smallest absolute Gasteiger partial charge is 0.308 e. The van der Waals surface area contributed by atoms with Gasteiger partial charge in [-0.25, -0.2) is 0 Å². The Morgan fingerprint density at radius 2 is 2.16 bits per heavy atom. The molecule has 2 N–H and O–H groups in total. The van der Waals surface area contributed by atoms with Crippen molar-refractivity contribution in [1.29, 1.82) is 0 Å². The van der Waals surface area contributed by atoms with Crippen LogP contribution in [-0.2, 0) is 4.79 Å². The number of amides is 1. The van der Waals surface area contributed by atoms with E-state index in [2.05, 4.69) is 43.8 Å². The first-order chi connectivity index (χ1) is 8.95. The van der Waals surface area contributed by atoms with E-state index in [1.807, 2.05) is 19.1 Å². The molecule has 0 aliphatic heterocycles. The minimum absolute atomic E-state index is 0.157. The molecule has 1 aromatic rings. The van der Waals surface area contributed by atoms with Crippen LogP contribution in [0.15, 0.2) is 22.7 Å². The summed E-state index contributed by atoms with van der Waals surface area (Å²) >= 11 is 5.40. The first-order valence-corrected chi connectivity index (χ1v) is 7.79. The van der Waals surface area contributed by atoms with Gasteiger partial charge in [-0.05, 0) is 47.2 Å². The van der Waals surface area contributed by atoms with Crippen LogP contribution in [0.5, 0.6) is 0 Å². The number of carbonyl (C=O) groups excluding carboxylic acids is 1. The molecule has 1 rings (SSSR count). The molecule has 0 radical (unpaired) electrons. The molecule has 0 aliphatic carbocycles. The van der Waals surface area contributed by atoms with Gasteiger partial charge in [0.2, 0.25) is 0 Å². The first kappa shape index (κ1) is 16.4. The molecular weight excluding hydrogens is 425 g/mol. The lowest BCUT2D eigenvalue weighted by Crippen LogP contribution is -2.33. The van der Waals surface area contributed by atoms with Crippen LogP contribution in [0, 0.1) is 9.49 Å². The Bertz CT molecular complexity index is 479. The summed E-state index contributed by atoms with van der Waals surface area (Å²) in [6.07, 6.45) is 1.34. The molecular formula is C13H15BrINO3. The summed E-state index contributed by atoms with van der Waals surface area (Å²) in [5.74, 6) is -1.64. The molecule has 0 bridgehead atoms. The summed E-state index contributed by atoms with van der Waals surface area (Å²) in [6.45, 7) is 2.08. The average Bonchev–Trinajstić information content (AvgIpc) is 2.36. The van der Waals surface area contributed by atoms with Gasteiger partial charge >= 0.3 is 5.97 Å².